The first-order chi connectivity index (χ1) is 8.65. The van der Waals surface area contributed by atoms with Crippen molar-refractivity contribution in [2.75, 3.05) is 13.6 Å². The van der Waals surface area contributed by atoms with Gasteiger partial charge in [0.25, 0.3) is 0 Å². The van der Waals surface area contributed by atoms with Crippen LogP contribution in [0.1, 0.15) is 18.5 Å². The maximum absolute atomic E-state index is 9.81. The number of hydrogen-bond acceptors (Lipinski definition) is 3. The summed E-state index contributed by atoms with van der Waals surface area (Å²) in [5.74, 6) is 2.85. The van der Waals surface area contributed by atoms with Gasteiger partial charge in [-0.1, -0.05) is 18.1 Å². The molecule has 0 amide bonds. The van der Waals surface area contributed by atoms with E-state index < -0.39 is 0 Å². The number of benzene rings is 1. The maximum atomic E-state index is 9.81. The molecule has 0 aliphatic heterocycles. The van der Waals surface area contributed by atoms with Gasteiger partial charge in [0.15, 0.2) is 0 Å². The fourth-order valence-corrected chi connectivity index (χ4v) is 2.06. The Morgan fingerprint density at radius 2 is 2.16 bits per heavy atom. The van der Waals surface area contributed by atoms with Crippen LogP contribution >= 0.6 is 12.4 Å². The van der Waals surface area contributed by atoms with Crippen LogP contribution in [0.3, 0.4) is 0 Å². The molecule has 0 spiro atoms. The molecule has 1 unspecified atom stereocenters. The molecule has 0 bridgehead atoms. The number of terminal acetylenes is 1. The minimum absolute atomic E-state index is 0. The van der Waals surface area contributed by atoms with Gasteiger partial charge in [0, 0.05) is 17.6 Å². The standard InChI is InChI=1S/C15H16N2O.ClH/c1-4-10-17(3)11(2)12-7-8-14(18)15-13(12)6-5-9-16-15;/h1,5-9,11,18H,10H2,2-3H3;1H. The molecule has 19 heavy (non-hydrogen) atoms. The Kier molecular flexibility index (Phi) is 5.17. The van der Waals surface area contributed by atoms with Gasteiger partial charge in [0.1, 0.15) is 11.3 Å². The summed E-state index contributed by atoms with van der Waals surface area (Å²) in [5.41, 5.74) is 1.75. The van der Waals surface area contributed by atoms with Gasteiger partial charge in [-0.2, -0.15) is 0 Å². The van der Waals surface area contributed by atoms with Gasteiger partial charge in [0.2, 0.25) is 0 Å². The normalized spacial score (nSPS) is 11.9. The molecule has 1 aromatic carbocycles. The summed E-state index contributed by atoms with van der Waals surface area (Å²) in [6.45, 7) is 2.68. The summed E-state index contributed by atoms with van der Waals surface area (Å²) in [7, 11) is 1.99. The number of aromatic nitrogens is 1. The zero-order chi connectivity index (χ0) is 13.1. The van der Waals surface area contributed by atoms with Gasteiger partial charge >= 0.3 is 0 Å². The Labute approximate surface area is 119 Å². The Bertz CT molecular complexity index is 607. The molecule has 0 saturated heterocycles. The van der Waals surface area contributed by atoms with Crippen LogP contribution in [0, 0.1) is 12.3 Å². The number of pyridine rings is 1. The molecule has 0 saturated carbocycles. The third-order valence-electron chi connectivity index (χ3n) is 3.23. The third-order valence-corrected chi connectivity index (χ3v) is 3.23. The van der Waals surface area contributed by atoms with E-state index in [1.807, 2.05) is 25.2 Å². The van der Waals surface area contributed by atoms with Crippen molar-refractivity contribution in [1.82, 2.24) is 9.88 Å². The van der Waals surface area contributed by atoms with E-state index in [0.717, 1.165) is 10.9 Å². The Hall–Kier alpha value is -1.76. The smallest absolute Gasteiger partial charge is 0.141 e. The molecule has 2 rings (SSSR count). The number of halogens is 1. The second-order valence-electron chi connectivity index (χ2n) is 4.37. The van der Waals surface area contributed by atoms with Crippen LogP contribution in [0.15, 0.2) is 30.5 Å². The quantitative estimate of drug-likeness (QED) is 0.876. The SMILES string of the molecule is C#CCN(C)C(C)c1ccc(O)c2ncccc12.Cl. The number of nitrogens with zero attached hydrogens (tertiary/aromatic N) is 2. The molecule has 1 heterocycles. The summed E-state index contributed by atoms with van der Waals surface area (Å²) in [6, 6.07) is 7.63. The van der Waals surface area contributed by atoms with Crippen LogP contribution in [-0.4, -0.2) is 28.6 Å². The van der Waals surface area contributed by atoms with Crippen LogP contribution in [0.25, 0.3) is 10.9 Å². The van der Waals surface area contributed by atoms with Crippen LogP contribution in [-0.2, 0) is 0 Å². The number of phenols is 1. The number of rotatable bonds is 3. The van der Waals surface area contributed by atoms with Crippen molar-refractivity contribution >= 4 is 23.3 Å². The maximum Gasteiger partial charge on any atom is 0.141 e. The van der Waals surface area contributed by atoms with Crippen LogP contribution in [0.4, 0.5) is 0 Å². The minimum atomic E-state index is 0. The van der Waals surface area contributed by atoms with Gasteiger partial charge in [-0.25, -0.2) is 0 Å². The van der Waals surface area contributed by atoms with E-state index in [-0.39, 0.29) is 24.2 Å². The van der Waals surface area contributed by atoms with E-state index in [1.165, 1.54) is 0 Å². The summed E-state index contributed by atoms with van der Waals surface area (Å²) >= 11 is 0. The van der Waals surface area contributed by atoms with Crippen molar-refractivity contribution in [1.29, 1.82) is 0 Å². The number of phenolic OH excluding ortho intramolecular Hbond substituents is 1. The van der Waals surface area contributed by atoms with E-state index >= 15 is 0 Å². The van der Waals surface area contributed by atoms with Crippen molar-refractivity contribution in [3.63, 3.8) is 0 Å². The summed E-state index contributed by atoms with van der Waals surface area (Å²) in [5, 5.41) is 10.8. The Balaban J connectivity index is 0.00000180. The van der Waals surface area contributed by atoms with Crippen molar-refractivity contribution in [2.24, 2.45) is 0 Å². The first-order valence-corrected chi connectivity index (χ1v) is 5.85. The fraction of sp³-hybridized carbons (Fsp3) is 0.267. The van der Waals surface area contributed by atoms with E-state index in [1.54, 1.807) is 12.3 Å². The molecule has 0 radical (unpaired) electrons. The van der Waals surface area contributed by atoms with E-state index in [4.69, 9.17) is 6.42 Å². The predicted octanol–water partition coefficient (Wildman–Crippen LogP) is 2.99. The molecule has 100 valence electrons. The van der Waals surface area contributed by atoms with E-state index in [0.29, 0.717) is 12.1 Å². The molecule has 0 fully saturated rings. The molecule has 1 aromatic heterocycles. The lowest BCUT2D eigenvalue weighted by atomic mass is 10.0. The minimum Gasteiger partial charge on any atom is -0.506 e. The highest BCUT2D eigenvalue weighted by Crippen LogP contribution is 2.31. The largest absolute Gasteiger partial charge is 0.506 e. The molecule has 3 nitrogen and oxygen atoms in total. The number of aromatic hydroxyl groups is 1. The lowest BCUT2D eigenvalue weighted by Gasteiger charge is -2.24. The lowest BCUT2D eigenvalue weighted by Crippen LogP contribution is -2.22. The van der Waals surface area contributed by atoms with Gasteiger partial charge in [-0.15, -0.1) is 18.8 Å². The summed E-state index contributed by atoms with van der Waals surface area (Å²) in [6.07, 6.45) is 7.02. The molecular formula is C15H17ClN2O. The van der Waals surface area contributed by atoms with Crippen LogP contribution in [0.2, 0.25) is 0 Å². The Morgan fingerprint density at radius 1 is 1.42 bits per heavy atom. The zero-order valence-electron chi connectivity index (χ0n) is 11.0. The fourth-order valence-electron chi connectivity index (χ4n) is 2.06. The topological polar surface area (TPSA) is 36.4 Å². The molecule has 0 aliphatic rings. The molecule has 1 atom stereocenters. The molecule has 4 heteroatoms. The first-order valence-electron chi connectivity index (χ1n) is 5.85. The van der Waals surface area contributed by atoms with Crippen molar-refractivity contribution in [3.05, 3.63) is 36.0 Å². The zero-order valence-corrected chi connectivity index (χ0v) is 11.8. The van der Waals surface area contributed by atoms with Gasteiger partial charge in [-0.05, 0) is 31.7 Å². The molecular weight excluding hydrogens is 260 g/mol. The van der Waals surface area contributed by atoms with Crippen molar-refractivity contribution in [2.45, 2.75) is 13.0 Å². The highest BCUT2D eigenvalue weighted by molar-refractivity contribution is 5.87. The monoisotopic (exact) mass is 276 g/mol. The second-order valence-corrected chi connectivity index (χ2v) is 4.37. The van der Waals surface area contributed by atoms with E-state index in [9.17, 15) is 5.11 Å². The molecule has 0 aliphatic carbocycles. The highest BCUT2D eigenvalue weighted by Gasteiger charge is 2.15. The average Bonchev–Trinajstić information content (AvgIpc) is 2.39. The third kappa shape index (κ3) is 2.98. The highest BCUT2D eigenvalue weighted by atomic mass is 35.5. The molecule has 2 aromatic rings. The summed E-state index contributed by atoms with van der Waals surface area (Å²) < 4.78 is 0. The second kappa shape index (κ2) is 6.42. The van der Waals surface area contributed by atoms with E-state index in [2.05, 4.69) is 22.7 Å². The Morgan fingerprint density at radius 3 is 2.84 bits per heavy atom. The average molecular weight is 277 g/mol. The van der Waals surface area contributed by atoms with Gasteiger partial charge in [0.05, 0.1) is 6.54 Å². The van der Waals surface area contributed by atoms with Crippen LogP contribution in [0.5, 0.6) is 5.75 Å². The van der Waals surface area contributed by atoms with Gasteiger partial charge < -0.3 is 5.11 Å². The molecule has 1 N–H and O–H groups in total. The first kappa shape index (κ1) is 15.3. The van der Waals surface area contributed by atoms with Crippen molar-refractivity contribution in [3.8, 4) is 18.1 Å². The van der Waals surface area contributed by atoms with Crippen molar-refractivity contribution < 1.29 is 5.11 Å². The summed E-state index contributed by atoms with van der Waals surface area (Å²) in [4.78, 5) is 6.30. The number of hydrogen-bond donors (Lipinski definition) is 1. The number of fused-ring (bicyclic) bond motifs is 1. The lowest BCUT2D eigenvalue weighted by molar-refractivity contribution is 0.295. The van der Waals surface area contributed by atoms with Gasteiger partial charge in [-0.3, -0.25) is 9.88 Å². The van der Waals surface area contributed by atoms with Crippen LogP contribution < -0.4 is 0 Å². The predicted molar refractivity (Wildman–Crippen MR) is 80.5 cm³/mol.